The summed E-state index contributed by atoms with van der Waals surface area (Å²) in [5, 5.41) is 0. The smallest absolute Gasteiger partial charge is 0.369 e. The second kappa shape index (κ2) is 6.08. The third kappa shape index (κ3) is 6.66. The summed E-state index contributed by atoms with van der Waals surface area (Å²) in [4.78, 5) is 12.2. The highest BCUT2D eigenvalue weighted by atomic mass is 19.4. The number of carbonyl (C=O) groups is 1. The first-order chi connectivity index (χ1) is 7.13. The van der Waals surface area contributed by atoms with Crippen LogP contribution in [0, 0.1) is 0 Å². The highest BCUT2D eigenvalue weighted by Gasteiger charge is 2.34. The van der Waals surface area contributed by atoms with Crippen LogP contribution in [-0.4, -0.2) is 42.3 Å². The van der Waals surface area contributed by atoms with Gasteiger partial charge in [-0.15, -0.1) is 0 Å². The summed E-state index contributed by atoms with van der Waals surface area (Å²) in [7, 11) is 0. The maximum absolute atomic E-state index is 12.2. The Balaban J connectivity index is 4.37. The number of carbonyl (C=O) groups excluding carboxylic acids is 1. The minimum Gasteiger partial charge on any atom is -0.369 e. The van der Waals surface area contributed by atoms with Crippen molar-refractivity contribution < 1.29 is 22.7 Å². The standard InChI is InChI=1S/C10H18F3NO2/c1-7(2)14(6-10(11,12)13)9(15)5-16-8(3)4/h7-8H,5-6H2,1-4H3. The molecule has 0 aliphatic heterocycles. The highest BCUT2D eigenvalue weighted by Crippen LogP contribution is 2.18. The molecule has 0 aromatic rings. The largest absolute Gasteiger partial charge is 0.406 e. The van der Waals surface area contributed by atoms with E-state index in [1.165, 1.54) is 0 Å². The zero-order valence-electron chi connectivity index (χ0n) is 9.97. The first-order valence-corrected chi connectivity index (χ1v) is 5.11. The fourth-order valence-corrected chi connectivity index (χ4v) is 1.07. The van der Waals surface area contributed by atoms with E-state index in [-0.39, 0.29) is 12.7 Å². The normalized spacial score (nSPS) is 12.3. The maximum Gasteiger partial charge on any atom is 0.406 e. The molecule has 0 heterocycles. The Morgan fingerprint density at radius 1 is 1.25 bits per heavy atom. The van der Waals surface area contributed by atoms with Crippen LogP contribution in [0.2, 0.25) is 0 Å². The molecule has 96 valence electrons. The fraction of sp³-hybridized carbons (Fsp3) is 0.900. The lowest BCUT2D eigenvalue weighted by Crippen LogP contribution is -2.45. The van der Waals surface area contributed by atoms with Gasteiger partial charge in [0.05, 0.1) is 6.10 Å². The molecular formula is C10H18F3NO2. The number of rotatable bonds is 5. The summed E-state index contributed by atoms with van der Waals surface area (Å²) >= 11 is 0. The minimum absolute atomic E-state index is 0.177. The van der Waals surface area contributed by atoms with E-state index in [2.05, 4.69) is 0 Å². The van der Waals surface area contributed by atoms with Crippen LogP contribution in [0.3, 0.4) is 0 Å². The molecule has 0 atom stereocenters. The number of nitrogens with zero attached hydrogens (tertiary/aromatic N) is 1. The monoisotopic (exact) mass is 241 g/mol. The molecule has 0 fully saturated rings. The van der Waals surface area contributed by atoms with E-state index < -0.39 is 24.7 Å². The number of halogens is 3. The first-order valence-electron chi connectivity index (χ1n) is 5.11. The van der Waals surface area contributed by atoms with Crippen molar-refractivity contribution in [3.63, 3.8) is 0 Å². The second-order valence-corrected chi connectivity index (χ2v) is 4.09. The van der Waals surface area contributed by atoms with E-state index in [4.69, 9.17) is 4.74 Å². The third-order valence-electron chi connectivity index (χ3n) is 1.83. The summed E-state index contributed by atoms with van der Waals surface area (Å²) < 4.78 is 41.6. The molecule has 0 aliphatic rings. The van der Waals surface area contributed by atoms with Gasteiger partial charge in [0.25, 0.3) is 0 Å². The molecule has 0 aliphatic carbocycles. The summed E-state index contributed by atoms with van der Waals surface area (Å²) in [6.07, 6.45) is -4.55. The number of amides is 1. The van der Waals surface area contributed by atoms with Crippen molar-refractivity contribution in [1.82, 2.24) is 4.90 Å². The van der Waals surface area contributed by atoms with E-state index in [1.54, 1.807) is 27.7 Å². The van der Waals surface area contributed by atoms with Crippen LogP contribution in [0.25, 0.3) is 0 Å². The summed E-state index contributed by atoms with van der Waals surface area (Å²) in [5.41, 5.74) is 0. The van der Waals surface area contributed by atoms with Crippen LogP contribution >= 0.6 is 0 Å². The van der Waals surface area contributed by atoms with Crippen molar-refractivity contribution in [3.8, 4) is 0 Å². The lowest BCUT2D eigenvalue weighted by atomic mass is 10.3. The molecule has 0 aromatic carbocycles. The lowest BCUT2D eigenvalue weighted by Gasteiger charge is -2.27. The van der Waals surface area contributed by atoms with Gasteiger partial charge in [0.2, 0.25) is 5.91 Å². The first kappa shape index (κ1) is 15.2. The van der Waals surface area contributed by atoms with Gasteiger partial charge in [-0.1, -0.05) is 0 Å². The van der Waals surface area contributed by atoms with Gasteiger partial charge in [-0.05, 0) is 27.7 Å². The topological polar surface area (TPSA) is 29.5 Å². The van der Waals surface area contributed by atoms with Crippen LogP contribution in [0.5, 0.6) is 0 Å². The van der Waals surface area contributed by atoms with Gasteiger partial charge in [-0.25, -0.2) is 0 Å². The van der Waals surface area contributed by atoms with E-state index in [9.17, 15) is 18.0 Å². The van der Waals surface area contributed by atoms with Gasteiger partial charge in [-0.3, -0.25) is 4.79 Å². The Hall–Kier alpha value is -0.780. The van der Waals surface area contributed by atoms with E-state index >= 15 is 0 Å². The van der Waals surface area contributed by atoms with Crippen molar-refractivity contribution in [2.24, 2.45) is 0 Å². The van der Waals surface area contributed by atoms with Crippen molar-refractivity contribution in [1.29, 1.82) is 0 Å². The summed E-state index contributed by atoms with van der Waals surface area (Å²) in [6.45, 7) is 4.97. The molecule has 3 nitrogen and oxygen atoms in total. The molecule has 1 amide bonds. The van der Waals surface area contributed by atoms with Gasteiger partial charge >= 0.3 is 6.18 Å². The van der Waals surface area contributed by atoms with Crippen LogP contribution < -0.4 is 0 Å². The molecule has 0 unspecified atom stereocenters. The molecular weight excluding hydrogens is 223 g/mol. The van der Waals surface area contributed by atoms with Crippen molar-refractivity contribution in [2.75, 3.05) is 13.2 Å². The van der Waals surface area contributed by atoms with Crippen LogP contribution in [0.4, 0.5) is 13.2 Å². The fourth-order valence-electron chi connectivity index (χ4n) is 1.07. The molecule has 0 aromatic heterocycles. The average molecular weight is 241 g/mol. The Kier molecular flexibility index (Phi) is 5.78. The molecule has 16 heavy (non-hydrogen) atoms. The van der Waals surface area contributed by atoms with Crippen molar-refractivity contribution >= 4 is 5.91 Å². The predicted octanol–water partition coefficient (Wildman–Crippen LogP) is 2.21. The quantitative estimate of drug-likeness (QED) is 0.738. The summed E-state index contributed by atoms with van der Waals surface area (Å²) in [6, 6.07) is -0.495. The van der Waals surface area contributed by atoms with Crippen molar-refractivity contribution in [3.05, 3.63) is 0 Å². The zero-order chi connectivity index (χ0) is 12.9. The minimum atomic E-state index is -4.38. The molecule has 0 saturated heterocycles. The molecule has 0 N–H and O–H groups in total. The van der Waals surface area contributed by atoms with Gasteiger partial charge in [0, 0.05) is 6.04 Å². The number of ether oxygens (including phenoxy) is 1. The summed E-state index contributed by atoms with van der Waals surface area (Å²) in [5.74, 6) is -0.638. The number of alkyl halides is 3. The van der Waals surface area contributed by atoms with E-state index in [0.29, 0.717) is 0 Å². The number of hydrogen-bond acceptors (Lipinski definition) is 2. The third-order valence-corrected chi connectivity index (χ3v) is 1.83. The van der Waals surface area contributed by atoms with Gasteiger partial charge in [0.15, 0.2) is 0 Å². The predicted molar refractivity (Wildman–Crippen MR) is 54.0 cm³/mol. The Bertz CT molecular complexity index is 227. The Morgan fingerprint density at radius 3 is 2.06 bits per heavy atom. The zero-order valence-corrected chi connectivity index (χ0v) is 9.97. The second-order valence-electron chi connectivity index (χ2n) is 4.09. The van der Waals surface area contributed by atoms with E-state index in [1.807, 2.05) is 0 Å². The Morgan fingerprint density at radius 2 is 1.75 bits per heavy atom. The van der Waals surface area contributed by atoms with E-state index in [0.717, 1.165) is 4.90 Å². The molecule has 0 saturated carbocycles. The molecule has 0 bridgehead atoms. The molecule has 0 radical (unpaired) electrons. The van der Waals surface area contributed by atoms with Crippen LogP contribution in [0.1, 0.15) is 27.7 Å². The average Bonchev–Trinajstić information content (AvgIpc) is 2.08. The number of hydrogen-bond donors (Lipinski definition) is 0. The lowest BCUT2D eigenvalue weighted by molar-refractivity contribution is -0.168. The SMILES string of the molecule is CC(C)OCC(=O)N(CC(F)(F)F)C(C)C. The Labute approximate surface area is 93.6 Å². The van der Waals surface area contributed by atoms with Crippen LogP contribution in [0.15, 0.2) is 0 Å². The highest BCUT2D eigenvalue weighted by molar-refractivity contribution is 5.77. The van der Waals surface area contributed by atoms with Gasteiger partial charge < -0.3 is 9.64 Å². The molecule has 6 heteroatoms. The van der Waals surface area contributed by atoms with Gasteiger partial charge in [-0.2, -0.15) is 13.2 Å². The van der Waals surface area contributed by atoms with Gasteiger partial charge in [0.1, 0.15) is 13.2 Å². The van der Waals surface area contributed by atoms with Crippen LogP contribution in [-0.2, 0) is 9.53 Å². The molecule has 0 rings (SSSR count). The van der Waals surface area contributed by atoms with Crippen molar-refractivity contribution in [2.45, 2.75) is 46.0 Å². The molecule has 0 spiro atoms. The maximum atomic E-state index is 12.2.